The molecule has 3 rings (SSSR count). The summed E-state index contributed by atoms with van der Waals surface area (Å²) < 4.78 is 0. The summed E-state index contributed by atoms with van der Waals surface area (Å²) in [4.78, 5) is 0. The van der Waals surface area contributed by atoms with Gasteiger partial charge in [-0.3, -0.25) is 0 Å². The van der Waals surface area contributed by atoms with E-state index in [0.717, 1.165) is 22.5 Å². The quantitative estimate of drug-likeness (QED) is 0.927. The molecule has 2 aromatic rings. The predicted molar refractivity (Wildman–Crippen MR) is 78.6 cm³/mol. The molecule has 1 unspecified atom stereocenters. The van der Waals surface area contributed by atoms with E-state index in [9.17, 15) is 5.11 Å². The van der Waals surface area contributed by atoms with Crippen LogP contribution in [0.1, 0.15) is 59.4 Å². The van der Waals surface area contributed by atoms with Gasteiger partial charge in [0.15, 0.2) is 0 Å². The lowest BCUT2D eigenvalue weighted by molar-refractivity contribution is 0.215. The smallest absolute Gasteiger partial charge is 0.106 e. The zero-order valence-corrected chi connectivity index (χ0v) is 12.0. The summed E-state index contributed by atoms with van der Waals surface area (Å²) in [6, 6.07) is 10.2. The van der Waals surface area contributed by atoms with Crippen molar-refractivity contribution in [2.75, 3.05) is 0 Å². The molecule has 1 saturated carbocycles. The van der Waals surface area contributed by atoms with E-state index in [4.69, 9.17) is 0 Å². The van der Waals surface area contributed by atoms with E-state index in [1.165, 1.54) is 24.8 Å². The number of aromatic nitrogens is 2. The first-order valence-electron chi connectivity index (χ1n) is 7.24. The molecule has 0 radical (unpaired) electrons. The molecule has 1 aromatic carbocycles. The average molecular weight is 268 g/mol. The number of hydrogen-bond acceptors (Lipinski definition) is 3. The standard InChI is InChI=1S/C17H20N2O/c1-11-10-16(12(2)19-18-11)17(20)15-9-4-3-8-14(15)13-6-5-7-13/h3-4,8-10,13,17,20H,5-7H2,1-2H3. The molecule has 0 spiro atoms. The molecule has 1 aliphatic carbocycles. The monoisotopic (exact) mass is 268 g/mol. The third-order valence-electron chi connectivity index (χ3n) is 4.27. The van der Waals surface area contributed by atoms with Crippen molar-refractivity contribution < 1.29 is 5.11 Å². The van der Waals surface area contributed by atoms with Crippen molar-refractivity contribution in [1.29, 1.82) is 0 Å². The first-order valence-corrected chi connectivity index (χ1v) is 7.24. The van der Waals surface area contributed by atoms with E-state index in [1.54, 1.807) is 0 Å². The third-order valence-corrected chi connectivity index (χ3v) is 4.27. The fraction of sp³-hybridized carbons (Fsp3) is 0.412. The highest BCUT2D eigenvalue weighted by Gasteiger charge is 2.25. The van der Waals surface area contributed by atoms with Crippen LogP contribution in [0.5, 0.6) is 0 Å². The van der Waals surface area contributed by atoms with Crippen LogP contribution >= 0.6 is 0 Å². The Morgan fingerprint density at radius 3 is 2.55 bits per heavy atom. The van der Waals surface area contributed by atoms with Crippen molar-refractivity contribution in [2.45, 2.75) is 45.1 Å². The molecule has 3 nitrogen and oxygen atoms in total. The van der Waals surface area contributed by atoms with Crippen molar-refractivity contribution in [3.63, 3.8) is 0 Å². The Bertz CT molecular complexity index is 620. The van der Waals surface area contributed by atoms with Gasteiger partial charge < -0.3 is 5.11 Å². The topological polar surface area (TPSA) is 46.0 Å². The molecule has 0 bridgehead atoms. The predicted octanol–water partition coefficient (Wildman–Crippen LogP) is 3.44. The van der Waals surface area contributed by atoms with Gasteiger partial charge in [0, 0.05) is 5.56 Å². The lowest BCUT2D eigenvalue weighted by atomic mass is 9.77. The molecule has 104 valence electrons. The Morgan fingerprint density at radius 2 is 1.85 bits per heavy atom. The summed E-state index contributed by atoms with van der Waals surface area (Å²) in [6.45, 7) is 3.80. The third kappa shape index (κ3) is 2.34. The zero-order chi connectivity index (χ0) is 14.1. The van der Waals surface area contributed by atoms with Gasteiger partial charge in [0.05, 0.1) is 11.4 Å². The maximum atomic E-state index is 10.8. The van der Waals surface area contributed by atoms with Crippen molar-refractivity contribution in [2.24, 2.45) is 0 Å². The Labute approximate surface area is 119 Å². The molecule has 0 aliphatic heterocycles. The number of aryl methyl sites for hydroxylation is 2. The van der Waals surface area contributed by atoms with Crippen molar-refractivity contribution in [3.05, 3.63) is 58.4 Å². The van der Waals surface area contributed by atoms with Crippen LogP contribution < -0.4 is 0 Å². The summed E-state index contributed by atoms with van der Waals surface area (Å²) >= 11 is 0. The molecule has 0 amide bonds. The Balaban J connectivity index is 2.01. The molecule has 1 aliphatic rings. The largest absolute Gasteiger partial charge is 0.384 e. The van der Waals surface area contributed by atoms with Crippen LogP contribution in [0.4, 0.5) is 0 Å². The molecule has 3 heteroatoms. The van der Waals surface area contributed by atoms with Crippen LogP contribution in [0.25, 0.3) is 0 Å². The second-order valence-electron chi connectivity index (χ2n) is 5.69. The highest BCUT2D eigenvalue weighted by Crippen LogP contribution is 2.40. The minimum atomic E-state index is -0.610. The van der Waals surface area contributed by atoms with Crippen LogP contribution in [-0.2, 0) is 0 Å². The SMILES string of the molecule is Cc1cc(C(O)c2ccccc2C2CCC2)c(C)nn1. The number of hydrogen-bond donors (Lipinski definition) is 1. The van der Waals surface area contributed by atoms with Gasteiger partial charge in [0.1, 0.15) is 6.10 Å². The molecular weight excluding hydrogens is 248 g/mol. The van der Waals surface area contributed by atoms with E-state index >= 15 is 0 Å². The maximum absolute atomic E-state index is 10.8. The summed E-state index contributed by atoms with van der Waals surface area (Å²) in [5.74, 6) is 0.608. The first kappa shape index (κ1) is 13.3. The number of benzene rings is 1. The van der Waals surface area contributed by atoms with Gasteiger partial charge in [0.2, 0.25) is 0 Å². The highest BCUT2D eigenvalue weighted by atomic mass is 16.3. The average Bonchev–Trinajstić information content (AvgIpc) is 2.39. The van der Waals surface area contributed by atoms with Crippen LogP contribution in [0.2, 0.25) is 0 Å². The number of aliphatic hydroxyl groups excluding tert-OH is 1. The van der Waals surface area contributed by atoms with Gasteiger partial charge in [0.25, 0.3) is 0 Å². The first-order chi connectivity index (χ1) is 9.66. The number of rotatable bonds is 3. The minimum Gasteiger partial charge on any atom is -0.384 e. The van der Waals surface area contributed by atoms with Gasteiger partial charge in [-0.2, -0.15) is 10.2 Å². The van der Waals surface area contributed by atoms with Gasteiger partial charge in [-0.15, -0.1) is 0 Å². The highest BCUT2D eigenvalue weighted by molar-refractivity contribution is 5.39. The summed E-state index contributed by atoms with van der Waals surface area (Å²) in [5, 5.41) is 18.9. The van der Waals surface area contributed by atoms with Crippen molar-refractivity contribution >= 4 is 0 Å². The Morgan fingerprint density at radius 1 is 1.10 bits per heavy atom. The lowest BCUT2D eigenvalue weighted by Crippen LogP contribution is -2.14. The Hall–Kier alpha value is -1.74. The molecule has 1 fully saturated rings. The molecule has 1 heterocycles. The van der Waals surface area contributed by atoms with E-state index in [-0.39, 0.29) is 0 Å². The van der Waals surface area contributed by atoms with Gasteiger partial charge in [-0.25, -0.2) is 0 Å². The molecule has 0 saturated heterocycles. The van der Waals surface area contributed by atoms with E-state index in [1.807, 2.05) is 32.0 Å². The lowest BCUT2D eigenvalue weighted by Gasteiger charge is -2.29. The van der Waals surface area contributed by atoms with Crippen LogP contribution in [0.15, 0.2) is 30.3 Å². The summed E-state index contributed by atoms with van der Waals surface area (Å²) in [6.07, 6.45) is 3.15. The summed E-state index contributed by atoms with van der Waals surface area (Å²) in [7, 11) is 0. The van der Waals surface area contributed by atoms with Crippen LogP contribution in [-0.4, -0.2) is 15.3 Å². The fourth-order valence-corrected chi connectivity index (χ4v) is 2.87. The van der Waals surface area contributed by atoms with E-state index in [0.29, 0.717) is 5.92 Å². The normalized spacial score (nSPS) is 16.8. The molecule has 1 atom stereocenters. The van der Waals surface area contributed by atoms with Gasteiger partial charge in [-0.05, 0) is 49.8 Å². The summed E-state index contributed by atoms with van der Waals surface area (Å²) in [5.41, 5.74) is 4.81. The van der Waals surface area contributed by atoms with E-state index < -0.39 is 6.10 Å². The fourth-order valence-electron chi connectivity index (χ4n) is 2.87. The van der Waals surface area contributed by atoms with E-state index in [2.05, 4.69) is 22.3 Å². The van der Waals surface area contributed by atoms with Gasteiger partial charge in [-0.1, -0.05) is 30.7 Å². The van der Waals surface area contributed by atoms with Crippen LogP contribution in [0, 0.1) is 13.8 Å². The molecule has 20 heavy (non-hydrogen) atoms. The minimum absolute atomic E-state index is 0.608. The molecule has 1 aromatic heterocycles. The molecular formula is C17H20N2O. The zero-order valence-electron chi connectivity index (χ0n) is 12.0. The van der Waals surface area contributed by atoms with Crippen LogP contribution in [0.3, 0.4) is 0 Å². The van der Waals surface area contributed by atoms with Crippen molar-refractivity contribution in [3.8, 4) is 0 Å². The number of nitrogens with zero attached hydrogens (tertiary/aromatic N) is 2. The Kier molecular flexibility index (Phi) is 3.53. The second kappa shape index (κ2) is 5.33. The van der Waals surface area contributed by atoms with Gasteiger partial charge >= 0.3 is 0 Å². The second-order valence-corrected chi connectivity index (χ2v) is 5.69. The maximum Gasteiger partial charge on any atom is 0.106 e. The number of aliphatic hydroxyl groups is 1. The molecule has 1 N–H and O–H groups in total. The van der Waals surface area contributed by atoms with Crippen molar-refractivity contribution in [1.82, 2.24) is 10.2 Å².